The number of alkyl halides is 3. The van der Waals surface area contributed by atoms with Crippen molar-refractivity contribution in [3.63, 3.8) is 0 Å². The van der Waals surface area contributed by atoms with Crippen LogP contribution in [-0.4, -0.2) is 23.2 Å². The predicted octanol–water partition coefficient (Wildman–Crippen LogP) is 2.12. The minimum atomic E-state index is -4.32. The zero-order valence-electron chi connectivity index (χ0n) is 9.63. The fraction of sp³-hybridized carbons (Fsp3) is 0.583. The molecule has 98 valence electrons. The van der Waals surface area contributed by atoms with Crippen LogP contribution in [0.3, 0.4) is 0 Å². The van der Waals surface area contributed by atoms with Crippen molar-refractivity contribution in [2.24, 2.45) is 0 Å². The Bertz CT molecular complexity index is 432. The fourth-order valence-electron chi connectivity index (χ4n) is 2.50. The van der Waals surface area contributed by atoms with Crippen molar-refractivity contribution in [2.45, 2.75) is 37.2 Å². The maximum atomic E-state index is 12.3. The molecule has 2 aliphatic heterocycles. The number of nitrogens with zero attached hydrogens (tertiary/aromatic N) is 1. The van der Waals surface area contributed by atoms with E-state index in [1.165, 1.54) is 6.07 Å². The van der Waals surface area contributed by atoms with Gasteiger partial charge in [-0.3, -0.25) is 4.98 Å². The van der Waals surface area contributed by atoms with Gasteiger partial charge in [-0.05, 0) is 25.0 Å². The van der Waals surface area contributed by atoms with Gasteiger partial charge < -0.3 is 10.1 Å². The number of pyridine rings is 1. The van der Waals surface area contributed by atoms with Gasteiger partial charge in [0.05, 0.1) is 24.0 Å². The molecule has 0 unspecified atom stereocenters. The minimum Gasteiger partial charge on any atom is -0.376 e. The minimum absolute atomic E-state index is 0.0368. The van der Waals surface area contributed by atoms with Crippen LogP contribution in [0.15, 0.2) is 18.3 Å². The van der Waals surface area contributed by atoms with Crippen LogP contribution in [0.2, 0.25) is 0 Å². The quantitative estimate of drug-likeness (QED) is 0.901. The maximum Gasteiger partial charge on any atom is 0.417 e. The van der Waals surface area contributed by atoms with Crippen molar-refractivity contribution in [3.05, 3.63) is 29.6 Å². The SMILES string of the molecule is FC(F)(F)c1ccc(CNC23COC(C2)C3)nc1. The molecule has 0 atom stereocenters. The monoisotopic (exact) mass is 258 g/mol. The Balaban J connectivity index is 1.60. The molecule has 3 aliphatic rings. The van der Waals surface area contributed by atoms with Gasteiger partial charge >= 0.3 is 6.18 Å². The summed E-state index contributed by atoms with van der Waals surface area (Å²) < 4.78 is 42.5. The highest BCUT2D eigenvalue weighted by Gasteiger charge is 2.51. The largest absolute Gasteiger partial charge is 0.417 e. The summed E-state index contributed by atoms with van der Waals surface area (Å²) in [7, 11) is 0. The van der Waals surface area contributed by atoms with E-state index in [1.807, 2.05) is 0 Å². The van der Waals surface area contributed by atoms with Gasteiger partial charge in [0.2, 0.25) is 0 Å². The standard InChI is InChI=1S/C12H13F3N2O/c13-12(14,15)8-1-2-9(16-5-8)6-17-11-3-10(4-11)18-7-11/h1-2,5,10,17H,3-4,6-7H2. The van der Waals surface area contributed by atoms with E-state index in [-0.39, 0.29) is 5.54 Å². The highest BCUT2D eigenvalue weighted by atomic mass is 19.4. The molecule has 1 N–H and O–H groups in total. The molecule has 0 spiro atoms. The first-order valence-electron chi connectivity index (χ1n) is 5.86. The van der Waals surface area contributed by atoms with E-state index >= 15 is 0 Å². The lowest BCUT2D eigenvalue weighted by Gasteiger charge is -2.36. The second-order valence-corrected chi connectivity index (χ2v) is 5.01. The number of halogens is 3. The summed E-state index contributed by atoms with van der Waals surface area (Å²) in [6, 6.07) is 2.48. The molecule has 3 fully saturated rings. The Labute approximate surface area is 102 Å². The number of hydrogen-bond donors (Lipinski definition) is 1. The molecule has 0 aromatic carbocycles. The lowest BCUT2D eigenvalue weighted by molar-refractivity contribution is -0.137. The first-order valence-corrected chi connectivity index (χ1v) is 5.86. The lowest BCUT2D eigenvalue weighted by Crippen LogP contribution is -2.52. The Kier molecular flexibility index (Phi) is 2.60. The Morgan fingerprint density at radius 2 is 2.17 bits per heavy atom. The molecule has 1 aliphatic carbocycles. The molecule has 3 heterocycles. The van der Waals surface area contributed by atoms with E-state index in [2.05, 4.69) is 10.3 Å². The van der Waals surface area contributed by atoms with Crippen molar-refractivity contribution < 1.29 is 17.9 Å². The summed E-state index contributed by atoms with van der Waals surface area (Å²) >= 11 is 0. The number of hydrogen-bond acceptors (Lipinski definition) is 3. The molecule has 3 nitrogen and oxygen atoms in total. The third-order valence-corrected chi connectivity index (χ3v) is 3.63. The number of aromatic nitrogens is 1. The molecule has 0 radical (unpaired) electrons. The third-order valence-electron chi connectivity index (χ3n) is 3.63. The van der Waals surface area contributed by atoms with Crippen LogP contribution in [-0.2, 0) is 17.5 Å². The van der Waals surface area contributed by atoms with Crippen molar-refractivity contribution in [2.75, 3.05) is 6.61 Å². The van der Waals surface area contributed by atoms with Crippen LogP contribution in [0, 0.1) is 0 Å². The lowest BCUT2D eigenvalue weighted by atomic mass is 9.78. The van der Waals surface area contributed by atoms with Gasteiger partial charge in [-0.2, -0.15) is 13.2 Å². The van der Waals surface area contributed by atoms with Gasteiger partial charge in [0.1, 0.15) is 0 Å². The zero-order chi connectivity index (χ0) is 12.8. The van der Waals surface area contributed by atoms with Crippen LogP contribution in [0.25, 0.3) is 0 Å². The summed E-state index contributed by atoms with van der Waals surface area (Å²) in [6.45, 7) is 1.17. The molecule has 1 aromatic rings. The molecule has 1 aromatic heterocycles. The Hall–Kier alpha value is -1.14. The molecular weight excluding hydrogens is 245 g/mol. The van der Waals surface area contributed by atoms with Crippen LogP contribution in [0.5, 0.6) is 0 Å². The van der Waals surface area contributed by atoms with Gasteiger partial charge in [0.25, 0.3) is 0 Å². The van der Waals surface area contributed by atoms with E-state index in [9.17, 15) is 13.2 Å². The van der Waals surface area contributed by atoms with Gasteiger partial charge in [-0.25, -0.2) is 0 Å². The summed E-state index contributed by atoms with van der Waals surface area (Å²) in [4.78, 5) is 3.83. The van der Waals surface area contributed by atoms with Crippen LogP contribution >= 0.6 is 0 Å². The number of rotatable bonds is 3. The molecule has 0 amide bonds. The molecule has 2 saturated heterocycles. The molecule has 1 saturated carbocycles. The smallest absolute Gasteiger partial charge is 0.376 e. The highest BCUT2D eigenvalue weighted by molar-refractivity contribution is 5.17. The number of nitrogens with one attached hydrogen (secondary N) is 1. The van der Waals surface area contributed by atoms with Crippen molar-refractivity contribution in [3.8, 4) is 0 Å². The molecule has 6 heteroatoms. The molecule has 4 rings (SSSR count). The average molecular weight is 258 g/mol. The summed E-state index contributed by atoms with van der Waals surface area (Å²) in [5.74, 6) is 0. The zero-order valence-corrected chi connectivity index (χ0v) is 9.63. The van der Waals surface area contributed by atoms with Crippen molar-refractivity contribution in [1.29, 1.82) is 0 Å². The maximum absolute atomic E-state index is 12.3. The topological polar surface area (TPSA) is 34.1 Å². The number of ether oxygens (including phenoxy) is 1. The van der Waals surface area contributed by atoms with E-state index < -0.39 is 11.7 Å². The summed E-state index contributed by atoms with van der Waals surface area (Å²) in [6.07, 6.45) is -1.08. The second-order valence-electron chi connectivity index (χ2n) is 5.01. The fourth-order valence-corrected chi connectivity index (χ4v) is 2.50. The van der Waals surface area contributed by atoms with Gasteiger partial charge in [-0.1, -0.05) is 0 Å². The van der Waals surface area contributed by atoms with E-state index in [4.69, 9.17) is 4.74 Å². The van der Waals surface area contributed by atoms with Gasteiger partial charge in [-0.15, -0.1) is 0 Å². The van der Waals surface area contributed by atoms with Crippen LogP contribution in [0.4, 0.5) is 13.2 Å². The van der Waals surface area contributed by atoms with Gasteiger partial charge in [0, 0.05) is 18.3 Å². The van der Waals surface area contributed by atoms with E-state index in [0.29, 0.717) is 24.9 Å². The normalized spacial score (nSPS) is 30.3. The van der Waals surface area contributed by atoms with Crippen LogP contribution < -0.4 is 5.32 Å². The van der Waals surface area contributed by atoms with Gasteiger partial charge in [0.15, 0.2) is 0 Å². The first kappa shape index (κ1) is 11.9. The predicted molar refractivity (Wildman–Crippen MR) is 57.8 cm³/mol. The Morgan fingerprint density at radius 1 is 1.39 bits per heavy atom. The molecule has 2 bridgehead atoms. The van der Waals surface area contributed by atoms with Crippen LogP contribution in [0.1, 0.15) is 24.1 Å². The highest BCUT2D eigenvalue weighted by Crippen LogP contribution is 2.42. The Morgan fingerprint density at radius 3 is 2.67 bits per heavy atom. The average Bonchev–Trinajstić information content (AvgIpc) is 2.85. The van der Waals surface area contributed by atoms with Crippen molar-refractivity contribution in [1.82, 2.24) is 10.3 Å². The van der Waals surface area contributed by atoms with E-state index in [0.717, 1.165) is 25.1 Å². The van der Waals surface area contributed by atoms with Crippen molar-refractivity contribution >= 4 is 0 Å². The van der Waals surface area contributed by atoms with E-state index in [1.54, 1.807) is 0 Å². The first-order chi connectivity index (χ1) is 8.47. The second kappa shape index (κ2) is 3.93. The summed E-state index contributed by atoms with van der Waals surface area (Å²) in [5, 5.41) is 3.33. The molecule has 18 heavy (non-hydrogen) atoms. The molecular formula is C12H13F3N2O. The third kappa shape index (κ3) is 2.10. The number of fused-ring (bicyclic) bond motifs is 1. The summed E-state index contributed by atoms with van der Waals surface area (Å²) in [5.41, 5.74) is -0.0558.